The molecule has 3 aromatic heterocycles. The van der Waals surface area contributed by atoms with Crippen molar-refractivity contribution in [2.45, 2.75) is 19.0 Å². The Bertz CT molecular complexity index is 1290. The third-order valence-electron chi connectivity index (χ3n) is 4.97. The maximum absolute atomic E-state index is 12.9. The SMILES string of the molecule is CC(CN)c1nc2c(-c3cccnc3)nc(-c3ccc(C(F)(F)F)cc3)cc2c(=O)[nH]1. The molecular formula is C22H18F3N5O. The molecule has 1 unspecified atom stereocenters. The molecule has 0 aliphatic heterocycles. The van der Waals surface area contributed by atoms with E-state index in [2.05, 4.69) is 19.9 Å². The van der Waals surface area contributed by atoms with Crippen molar-refractivity contribution < 1.29 is 13.2 Å². The summed E-state index contributed by atoms with van der Waals surface area (Å²) < 4.78 is 38.7. The predicted octanol–water partition coefficient (Wildman–Crippen LogP) is 4.13. The highest BCUT2D eigenvalue weighted by Crippen LogP contribution is 2.32. The lowest BCUT2D eigenvalue weighted by Crippen LogP contribution is -2.19. The molecule has 4 rings (SSSR count). The fourth-order valence-electron chi connectivity index (χ4n) is 3.18. The number of halogens is 3. The summed E-state index contributed by atoms with van der Waals surface area (Å²) in [5.41, 5.74) is 6.81. The Balaban J connectivity index is 1.97. The lowest BCUT2D eigenvalue weighted by atomic mass is 10.0. The molecule has 0 amide bonds. The monoisotopic (exact) mass is 425 g/mol. The van der Waals surface area contributed by atoms with Gasteiger partial charge in [0, 0.05) is 36.0 Å². The van der Waals surface area contributed by atoms with Crippen LogP contribution in [0.5, 0.6) is 0 Å². The van der Waals surface area contributed by atoms with E-state index in [9.17, 15) is 18.0 Å². The Morgan fingerprint density at radius 2 is 1.84 bits per heavy atom. The smallest absolute Gasteiger partial charge is 0.330 e. The second-order valence-corrected chi connectivity index (χ2v) is 7.16. The van der Waals surface area contributed by atoms with Crippen molar-refractivity contribution in [1.29, 1.82) is 0 Å². The van der Waals surface area contributed by atoms with E-state index in [0.29, 0.717) is 40.4 Å². The number of rotatable bonds is 4. The summed E-state index contributed by atoms with van der Waals surface area (Å²) in [6, 6.07) is 9.66. The van der Waals surface area contributed by atoms with Crippen LogP contribution in [0, 0.1) is 0 Å². The van der Waals surface area contributed by atoms with E-state index in [1.54, 1.807) is 24.5 Å². The largest absolute Gasteiger partial charge is 0.416 e. The number of hydrogen-bond donors (Lipinski definition) is 2. The summed E-state index contributed by atoms with van der Waals surface area (Å²) in [6.07, 6.45) is -1.24. The van der Waals surface area contributed by atoms with Crippen molar-refractivity contribution in [3.8, 4) is 22.5 Å². The van der Waals surface area contributed by atoms with Crippen LogP contribution in [0.4, 0.5) is 13.2 Å². The summed E-state index contributed by atoms with van der Waals surface area (Å²) in [6.45, 7) is 2.14. The number of nitrogens with zero attached hydrogens (tertiary/aromatic N) is 3. The molecule has 0 aliphatic rings. The fourth-order valence-corrected chi connectivity index (χ4v) is 3.18. The Labute approximate surface area is 175 Å². The minimum Gasteiger partial charge on any atom is -0.330 e. The minimum atomic E-state index is -4.44. The second kappa shape index (κ2) is 7.92. The number of aromatic amines is 1. The third kappa shape index (κ3) is 4.04. The van der Waals surface area contributed by atoms with Crippen molar-refractivity contribution in [3.63, 3.8) is 0 Å². The van der Waals surface area contributed by atoms with Gasteiger partial charge in [-0.15, -0.1) is 0 Å². The molecule has 3 N–H and O–H groups in total. The van der Waals surface area contributed by atoms with E-state index >= 15 is 0 Å². The number of hydrogen-bond acceptors (Lipinski definition) is 5. The van der Waals surface area contributed by atoms with Crippen LogP contribution < -0.4 is 11.3 Å². The molecule has 0 radical (unpaired) electrons. The van der Waals surface area contributed by atoms with E-state index in [0.717, 1.165) is 12.1 Å². The van der Waals surface area contributed by atoms with Crippen LogP contribution in [0.1, 0.15) is 24.2 Å². The number of pyridine rings is 2. The van der Waals surface area contributed by atoms with Crippen molar-refractivity contribution in [2.24, 2.45) is 5.73 Å². The van der Waals surface area contributed by atoms with Gasteiger partial charge in [0.05, 0.1) is 22.3 Å². The van der Waals surface area contributed by atoms with Gasteiger partial charge in [-0.1, -0.05) is 19.1 Å². The van der Waals surface area contributed by atoms with Crippen LogP contribution in [-0.2, 0) is 6.18 Å². The van der Waals surface area contributed by atoms with E-state index in [-0.39, 0.29) is 16.9 Å². The molecule has 3 heterocycles. The number of fused-ring (bicyclic) bond motifs is 1. The molecule has 0 aliphatic carbocycles. The Kier molecular flexibility index (Phi) is 5.28. The molecule has 9 heteroatoms. The number of H-pyrrole nitrogens is 1. The van der Waals surface area contributed by atoms with Crippen molar-refractivity contribution >= 4 is 10.9 Å². The van der Waals surface area contributed by atoms with Gasteiger partial charge in [-0.3, -0.25) is 9.78 Å². The molecule has 6 nitrogen and oxygen atoms in total. The van der Waals surface area contributed by atoms with Gasteiger partial charge in [-0.2, -0.15) is 13.2 Å². The van der Waals surface area contributed by atoms with E-state index in [1.165, 1.54) is 18.2 Å². The first-order valence-corrected chi connectivity index (χ1v) is 9.51. The summed E-state index contributed by atoms with van der Waals surface area (Å²) in [5.74, 6) is 0.266. The fraction of sp³-hybridized carbons (Fsp3) is 0.182. The summed E-state index contributed by atoms with van der Waals surface area (Å²) in [7, 11) is 0. The third-order valence-corrected chi connectivity index (χ3v) is 4.97. The molecule has 0 bridgehead atoms. The molecule has 4 aromatic rings. The van der Waals surface area contributed by atoms with E-state index in [4.69, 9.17) is 5.73 Å². The van der Waals surface area contributed by atoms with Gasteiger partial charge in [-0.25, -0.2) is 9.97 Å². The second-order valence-electron chi connectivity index (χ2n) is 7.16. The van der Waals surface area contributed by atoms with Crippen LogP contribution in [0.15, 0.2) is 59.7 Å². The standard InChI is InChI=1S/C22H18F3N5O/c1-12(10-26)20-29-19-16(21(31)30-20)9-17(28-18(19)14-3-2-8-27-11-14)13-4-6-15(7-5-13)22(23,24)25/h2-9,11-12H,10,26H2,1H3,(H,29,30,31). The van der Waals surface area contributed by atoms with Crippen molar-refractivity contribution in [3.05, 3.63) is 76.6 Å². The summed E-state index contributed by atoms with van der Waals surface area (Å²) >= 11 is 0. The van der Waals surface area contributed by atoms with Crippen LogP contribution in [0.2, 0.25) is 0 Å². The quantitative estimate of drug-likeness (QED) is 0.512. The molecule has 158 valence electrons. The summed E-state index contributed by atoms with van der Waals surface area (Å²) in [4.78, 5) is 28.9. The molecule has 0 saturated carbocycles. The first kappa shape index (κ1) is 20.7. The molecule has 31 heavy (non-hydrogen) atoms. The molecule has 0 fully saturated rings. The zero-order chi connectivity index (χ0) is 22.2. The maximum Gasteiger partial charge on any atom is 0.416 e. The molecule has 0 spiro atoms. The number of nitrogens with one attached hydrogen (secondary N) is 1. The lowest BCUT2D eigenvalue weighted by Gasteiger charge is -2.13. The number of alkyl halides is 3. The highest BCUT2D eigenvalue weighted by molar-refractivity contribution is 5.93. The Morgan fingerprint density at radius 3 is 2.45 bits per heavy atom. The first-order chi connectivity index (χ1) is 14.8. The molecule has 0 saturated heterocycles. The molecule has 1 atom stereocenters. The van der Waals surface area contributed by atoms with Gasteiger partial charge >= 0.3 is 6.18 Å². The Morgan fingerprint density at radius 1 is 1.10 bits per heavy atom. The van der Waals surface area contributed by atoms with Crippen LogP contribution in [-0.4, -0.2) is 26.5 Å². The highest BCUT2D eigenvalue weighted by atomic mass is 19.4. The Hall–Kier alpha value is -3.59. The number of benzene rings is 1. The summed E-state index contributed by atoms with van der Waals surface area (Å²) in [5, 5.41) is 0.275. The molecular weight excluding hydrogens is 407 g/mol. The lowest BCUT2D eigenvalue weighted by molar-refractivity contribution is -0.137. The number of nitrogens with two attached hydrogens (primary N) is 1. The van der Waals surface area contributed by atoms with Gasteiger partial charge in [0.1, 0.15) is 11.3 Å². The predicted molar refractivity (Wildman–Crippen MR) is 111 cm³/mol. The van der Waals surface area contributed by atoms with Crippen LogP contribution >= 0.6 is 0 Å². The zero-order valence-electron chi connectivity index (χ0n) is 16.4. The van der Waals surface area contributed by atoms with Crippen molar-refractivity contribution in [1.82, 2.24) is 19.9 Å². The van der Waals surface area contributed by atoms with Crippen LogP contribution in [0.3, 0.4) is 0 Å². The van der Waals surface area contributed by atoms with Gasteiger partial charge in [-0.05, 0) is 30.3 Å². The average Bonchev–Trinajstić information content (AvgIpc) is 2.78. The number of aromatic nitrogens is 4. The van der Waals surface area contributed by atoms with Crippen LogP contribution in [0.25, 0.3) is 33.4 Å². The van der Waals surface area contributed by atoms with E-state index < -0.39 is 11.7 Å². The van der Waals surface area contributed by atoms with Gasteiger partial charge in [0.15, 0.2) is 0 Å². The van der Waals surface area contributed by atoms with Gasteiger partial charge < -0.3 is 10.7 Å². The zero-order valence-corrected chi connectivity index (χ0v) is 16.4. The topological polar surface area (TPSA) is 97.5 Å². The van der Waals surface area contributed by atoms with Gasteiger partial charge in [0.2, 0.25) is 0 Å². The maximum atomic E-state index is 12.9. The first-order valence-electron chi connectivity index (χ1n) is 9.51. The minimum absolute atomic E-state index is 0.173. The highest BCUT2D eigenvalue weighted by Gasteiger charge is 2.30. The van der Waals surface area contributed by atoms with E-state index in [1.807, 2.05) is 6.92 Å². The average molecular weight is 425 g/mol. The molecule has 1 aromatic carbocycles. The normalized spacial score (nSPS) is 12.8. The van der Waals surface area contributed by atoms with Crippen molar-refractivity contribution in [2.75, 3.05) is 6.54 Å². The van der Waals surface area contributed by atoms with Gasteiger partial charge in [0.25, 0.3) is 5.56 Å².